The van der Waals surface area contributed by atoms with Crippen LogP contribution in [-0.2, 0) is 17.9 Å². The van der Waals surface area contributed by atoms with Crippen molar-refractivity contribution in [2.75, 3.05) is 6.61 Å². The van der Waals surface area contributed by atoms with E-state index in [1.165, 1.54) is 6.42 Å². The molecular formula is C13H22N2O. The van der Waals surface area contributed by atoms with Gasteiger partial charge in [-0.3, -0.25) is 4.98 Å². The largest absolute Gasteiger partial charge is 0.375 e. The van der Waals surface area contributed by atoms with Gasteiger partial charge in [0.05, 0.1) is 18.0 Å². The number of hydrogen-bond acceptors (Lipinski definition) is 3. The standard InChI is InChI=1S/C13H22N2O/c1-11(2)5-4-8-16-10-13-7-3-6-12(9-14)15-13/h3,6-7,11H,4-5,8-10,14H2,1-2H3. The van der Waals surface area contributed by atoms with E-state index in [0.29, 0.717) is 13.2 Å². The highest BCUT2D eigenvalue weighted by Gasteiger charge is 1.98. The van der Waals surface area contributed by atoms with E-state index in [-0.39, 0.29) is 0 Å². The minimum Gasteiger partial charge on any atom is -0.375 e. The van der Waals surface area contributed by atoms with Gasteiger partial charge in [0.25, 0.3) is 0 Å². The molecule has 2 N–H and O–H groups in total. The van der Waals surface area contributed by atoms with Crippen LogP contribution in [0, 0.1) is 5.92 Å². The summed E-state index contributed by atoms with van der Waals surface area (Å²) in [5.74, 6) is 0.752. The predicted octanol–water partition coefficient (Wildman–Crippen LogP) is 2.49. The van der Waals surface area contributed by atoms with E-state index in [2.05, 4.69) is 18.8 Å². The summed E-state index contributed by atoms with van der Waals surface area (Å²) >= 11 is 0. The van der Waals surface area contributed by atoms with Gasteiger partial charge < -0.3 is 10.5 Å². The van der Waals surface area contributed by atoms with Crippen molar-refractivity contribution >= 4 is 0 Å². The zero-order valence-corrected chi connectivity index (χ0v) is 10.3. The first-order chi connectivity index (χ1) is 7.72. The van der Waals surface area contributed by atoms with Crippen LogP contribution < -0.4 is 5.73 Å². The summed E-state index contributed by atoms with van der Waals surface area (Å²) < 4.78 is 5.57. The molecule has 1 rings (SSSR count). The van der Waals surface area contributed by atoms with Gasteiger partial charge in [-0.1, -0.05) is 19.9 Å². The number of rotatable bonds is 7. The smallest absolute Gasteiger partial charge is 0.0887 e. The molecule has 3 nitrogen and oxygen atoms in total. The second kappa shape index (κ2) is 7.36. The predicted molar refractivity (Wildman–Crippen MR) is 65.9 cm³/mol. The molecule has 1 aromatic heterocycles. The third-order valence-corrected chi connectivity index (χ3v) is 2.39. The second-order valence-electron chi connectivity index (χ2n) is 4.41. The van der Waals surface area contributed by atoms with Crippen LogP contribution in [0.1, 0.15) is 38.1 Å². The summed E-state index contributed by atoms with van der Waals surface area (Å²) in [7, 11) is 0. The van der Waals surface area contributed by atoms with Gasteiger partial charge in [0.1, 0.15) is 0 Å². The van der Waals surface area contributed by atoms with Crippen LogP contribution in [0.2, 0.25) is 0 Å². The van der Waals surface area contributed by atoms with Crippen LogP contribution in [0.3, 0.4) is 0 Å². The highest BCUT2D eigenvalue weighted by molar-refractivity contribution is 5.10. The average Bonchev–Trinajstić information content (AvgIpc) is 2.28. The van der Waals surface area contributed by atoms with E-state index >= 15 is 0 Å². The van der Waals surface area contributed by atoms with Crippen molar-refractivity contribution in [2.45, 2.75) is 39.8 Å². The van der Waals surface area contributed by atoms with Crippen LogP contribution in [0.25, 0.3) is 0 Å². The number of hydrogen-bond donors (Lipinski definition) is 1. The Kier molecular flexibility index (Phi) is 6.04. The van der Waals surface area contributed by atoms with Crippen molar-refractivity contribution in [2.24, 2.45) is 11.7 Å². The quantitative estimate of drug-likeness (QED) is 0.721. The molecule has 0 amide bonds. The maximum absolute atomic E-state index is 5.57. The Morgan fingerprint density at radius 2 is 2.06 bits per heavy atom. The molecule has 1 heterocycles. The van der Waals surface area contributed by atoms with Crippen LogP contribution in [0.5, 0.6) is 0 Å². The van der Waals surface area contributed by atoms with Crippen molar-refractivity contribution < 1.29 is 4.74 Å². The highest BCUT2D eigenvalue weighted by Crippen LogP contribution is 2.05. The molecule has 0 saturated carbocycles. The van der Waals surface area contributed by atoms with Crippen molar-refractivity contribution in [1.82, 2.24) is 4.98 Å². The normalized spacial score (nSPS) is 11.0. The monoisotopic (exact) mass is 222 g/mol. The molecule has 0 fully saturated rings. The molecule has 0 aliphatic rings. The van der Waals surface area contributed by atoms with Crippen LogP contribution in [0.4, 0.5) is 0 Å². The third-order valence-electron chi connectivity index (χ3n) is 2.39. The zero-order chi connectivity index (χ0) is 11.8. The Bertz CT molecular complexity index is 300. The Morgan fingerprint density at radius 3 is 2.75 bits per heavy atom. The lowest BCUT2D eigenvalue weighted by Crippen LogP contribution is -2.04. The van der Waals surface area contributed by atoms with E-state index in [4.69, 9.17) is 10.5 Å². The van der Waals surface area contributed by atoms with E-state index in [9.17, 15) is 0 Å². The Balaban J connectivity index is 2.21. The van der Waals surface area contributed by atoms with Crippen LogP contribution >= 0.6 is 0 Å². The highest BCUT2D eigenvalue weighted by atomic mass is 16.5. The summed E-state index contributed by atoms with van der Waals surface area (Å²) in [6.07, 6.45) is 2.34. The Labute approximate surface area is 98.0 Å². The summed E-state index contributed by atoms with van der Waals surface area (Å²) in [6.45, 7) is 6.35. The van der Waals surface area contributed by atoms with Crippen molar-refractivity contribution in [3.05, 3.63) is 29.6 Å². The maximum Gasteiger partial charge on any atom is 0.0887 e. The van der Waals surface area contributed by atoms with E-state index in [1.54, 1.807) is 0 Å². The van der Waals surface area contributed by atoms with Gasteiger partial charge in [0.15, 0.2) is 0 Å². The van der Waals surface area contributed by atoms with Gasteiger partial charge in [-0.05, 0) is 30.9 Å². The number of aromatic nitrogens is 1. The minimum atomic E-state index is 0.487. The molecule has 0 aromatic carbocycles. The molecule has 90 valence electrons. The van der Waals surface area contributed by atoms with E-state index < -0.39 is 0 Å². The summed E-state index contributed by atoms with van der Waals surface area (Å²) in [6, 6.07) is 5.88. The average molecular weight is 222 g/mol. The van der Waals surface area contributed by atoms with E-state index in [0.717, 1.165) is 30.3 Å². The van der Waals surface area contributed by atoms with Crippen molar-refractivity contribution in [3.63, 3.8) is 0 Å². The lowest BCUT2D eigenvalue weighted by atomic mass is 10.1. The Hall–Kier alpha value is -0.930. The zero-order valence-electron chi connectivity index (χ0n) is 10.3. The molecule has 0 spiro atoms. The molecule has 0 saturated heterocycles. The van der Waals surface area contributed by atoms with Gasteiger partial charge in [0, 0.05) is 13.2 Å². The fourth-order valence-corrected chi connectivity index (χ4v) is 1.49. The first kappa shape index (κ1) is 13.1. The van der Waals surface area contributed by atoms with Crippen molar-refractivity contribution in [1.29, 1.82) is 0 Å². The summed E-state index contributed by atoms with van der Waals surface area (Å²) in [5, 5.41) is 0. The minimum absolute atomic E-state index is 0.487. The number of ether oxygens (including phenoxy) is 1. The van der Waals surface area contributed by atoms with Gasteiger partial charge >= 0.3 is 0 Å². The molecule has 16 heavy (non-hydrogen) atoms. The fourth-order valence-electron chi connectivity index (χ4n) is 1.49. The molecule has 3 heteroatoms. The van der Waals surface area contributed by atoms with Gasteiger partial charge in [0.2, 0.25) is 0 Å². The summed E-state index contributed by atoms with van der Waals surface area (Å²) in [5.41, 5.74) is 7.41. The van der Waals surface area contributed by atoms with Crippen LogP contribution in [-0.4, -0.2) is 11.6 Å². The fraction of sp³-hybridized carbons (Fsp3) is 0.615. The van der Waals surface area contributed by atoms with Gasteiger partial charge in [-0.25, -0.2) is 0 Å². The number of nitrogens with zero attached hydrogens (tertiary/aromatic N) is 1. The number of pyridine rings is 1. The van der Waals surface area contributed by atoms with Gasteiger partial charge in [-0.2, -0.15) is 0 Å². The van der Waals surface area contributed by atoms with Crippen molar-refractivity contribution in [3.8, 4) is 0 Å². The molecule has 0 unspecified atom stereocenters. The third kappa shape index (κ3) is 5.24. The molecule has 0 atom stereocenters. The Morgan fingerprint density at radius 1 is 1.31 bits per heavy atom. The SMILES string of the molecule is CC(C)CCCOCc1cccc(CN)n1. The maximum atomic E-state index is 5.57. The lowest BCUT2D eigenvalue weighted by molar-refractivity contribution is 0.112. The second-order valence-corrected chi connectivity index (χ2v) is 4.41. The first-order valence-electron chi connectivity index (χ1n) is 5.95. The first-order valence-corrected chi connectivity index (χ1v) is 5.95. The van der Waals surface area contributed by atoms with Crippen LogP contribution in [0.15, 0.2) is 18.2 Å². The topological polar surface area (TPSA) is 48.1 Å². The number of nitrogens with two attached hydrogens (primary N) is 1. The molecule has 0 bridgehead atoms. The van der Waals surface area contributed by atoms with E-state index in [1.807, 2.05) is 18.2 Å². The molecule has 0 radical (unpaired) electrons. The molecular weight excluding hydrogens is 200 g/mol. The molecule has 0 aliphatic carbocycles. The molecule has 0 aliphatic heterocycles. The van der Waals surface area contributed by atoms with Gasteiger partial charge in [-0.15, -0.1) is 0 Å². The summed E-state index contributed by atoms with van der Waals surface area (Å²) in [4.78, 5) is 4.37. The lowest BCUT2D eigenvalue weighted by Gasteiger charge is -2.06. The molecule has 1 aromatic rings.